The number of anilines is 1. The molecule has 0 radical (unpaired) electrons. The smallest absolute Gasteiger partial charge is 0.277 e. The zero-order chi connectivity index (χ0) is 21.0. The van der Waals surface area contributed by atoms with Gasteiger partial charge >= 0.3 is 0 Å². The maximum Gasteiger partial charge on any atom is 0.277 e. The van der Waals surface area contributed by atoms with E-state index >= 15 is 0 Å². The molecule has 0 saturated carbocycles. The zero-order valence-electron chi connectivity index (χ0n) is 15.4. The Morgan fingerprint density at radius 2 is 1.59 bits per heavy atom. The number of halogens is 1. The Balaban J connectivity index is 1.64. The van der Waals surface area contributed by atoms with E-state index in [1.807, 2.05) is 24.3 Å². The molecule has 10 heteroatoms. The topological polar surface area (TPSA) is 119 Å². The van der Waals surface area contributed by atoms with E-state index in [0.29, 0.717) is 25.9 Å². The average molecular weight is 402 g/mol. The van der Waals surface area contributed by atoms with Crippen molar-refractivity contribution in [1.29, 1.82) is 0 Å². The number of nitrogens with one attached hydrogen (secondary N) is 1. The molecule has 1 saturated heterocycles. The van der Waals surface area contributed by atoms with Crippen LogP contribution in [-0.2, 0) is 6.54 Å². The lowest BCUT2D eigenvalue weighted by molar-refractivity contribution is -0.394. The lowest BCUT2D eigenvalue weighted by atomic mass is 10.1. The number of carbonyl (C=O) groups is 1. The van der Waals surface area contributed by atoms with E-state index in [0.717, 1.165) is 29.4 Å². The molecule has 1 aliphatic heterocycles. The van der Waals surface area contributed by atoms with E-state index in [1.165, 1.54) is 0 Å². The Hall–Kier alpha value is -3.56. The van der Waals surface area contributed by atoms with E-state index in [-0.39, 0.29) is 12.1 Å². The minimum Gasteiger partial charge on any atom is -0.371 e. The molecule has 1 fully saturated rings. The molecule has 0 unspecified atom stereocenters. The second-order valence-electron chi connectivity index (χ2n) is 6.76. The highest BCUT2D eigenvalue weighted by Gasteiger charge is 2.20. The highest BCUT2D eigenvalue weighted by atomic mass is 19.1. The third kappa shape index (κ3) is 5.03. The first-order valence-corrected chi connectivity index (χ1v) is 9.03. The fourth-order valence-electron chi connectivity index (χ4n) is 3.15. The summed E-state index contributed by atoms with van der Waals surface area (Å²) in [6, 6.07) is 10.2. The second-order valence-corrected chi connectivity index (χ2v) is 6.76. The van der Waals surface area contributed by atoms with Gasteiger partial charge < -0.3 is 10.2 Å². The summed E-state index contributed by atoms with van der Waals surface area (Å²) < 4.78 is 13.2. The van der Waals surface area contributed by atoms with Gasteiger partial charge in [0.05, 0.1) is 21.5 Å². The number of alkyl halides is 1. The first kappa shape index (κ1) is 20.2. The normalized spacial score (nSPS) is 14.4. The van der Waals surface area contributed by atoms with Crippen LogP contribution in [0.2, 0.25) is 0 Å². The molecule has 29 heavy (non-hydrogen) atoms. The summed E-state index contributed by atoms with van der Waals surface area (Å²) in [5.41, 5.74) is 0.566. The van der Waals surface area contributed by atoms with E-state index in [1.54, 1.807) is 0 Å². The van der Waals surface area contributed by atoms with Crippen LogP contribution in [0.5, 0.6) is 0 Å². The van der Waals surface area contributed by atoms with Crippen LogP contribution in [0.1, 0.15) is 28.8 Å². The largest absolute Gasteiger partial charge is 0.371 e. The van der Waals surface area contributed by atoms with Gasteiger partial charge in [0.2, 0.25) is 0 Å². The zero-order valence-corrected chi connectivity index (χ0v) is 15.4. The van der Waals surface area contributed by atoms with E-state index in [2.05, 4.69) is 10.2 Å². The van der Waals surface area contributed by atoms with Gasteiger partial charge in [-0.25, -0.2) is 4.39 Å². The summed E-state index contributed by atoms with van der Waals surface area (Å²) >= 11 is 0. The number of hydrogen-bond donors (Lipinski definition) is 1. The van der Waals surface area contributed by atoms with Crippen molar-refractivity contribution in [3.05, 3.63) is 73.8 Å². The molecule has 0 bridgehead atoms. The highest BCUT2D eigenvalue weighted by molar-refractivity contribution is 5.95. The summed E-state index contributed by atoms with van der Waals surface area (Å²) in [6.45, 7) is 1.47. The van der Waals surface area contributed by atoms with Gasteiger partial charge in [0, 0.05) is 37.5 Å². The Kier molecular flexibility index (Phi) is 6.01. The van der Waals surface area contributed by atoms with Gasteiger partial charge in [0.15, 0.2) is 0 Å². The predicted molar refractivity (Wildman–Crippen MR) is 104 cm³/mol. The van der Waals surface area contributed by atoms with Crippen LogP contribution < -0.4 is 10.2 Å². The van der Waals surface area contributed by atoms with Gasteiger partial charge in [-0.2, -0.15) is 0 Å². The van der Waals surface area contributed by atoms with Gasteiger partial charge in [0.1, 0.15) is 6.17 Å². The van der Waals surface area contributed by atoms with Gasteiger partial charge in [-0.05, 0) is 30.5 Å². The van der Waals surface area contributed by atoms with Crippen LogP contribution in [0.15, 0.2) is 42.5 Å². The maximum absolute atomic E-state index is 13.2. The fourth-order valence-corrected chi connectivity index (χ4v) is 3.15. The van der Waals surface area contributed by atoms with Crippen molar-refractivity contribution < 1.29 is 19.0 Å². The first-order valence-electron chi connectivity index (χ1n) is 9.03. The number of piperidine rings is 1. The van der Waals surface area contributed by atoms with Gasteiger partial charge in [-0.1, -0.05) is 12.1 Å². The molecule has 1 aliphatic rings. The van der Waals surface area contributed by atoms with Gasteiger partial charge in [0.25, 0.3) is 17.3 Å². The van der Waals surface area contributed by atoms with Crippen LogP contribution >= 0.6 is 0 Å². The number of amides is 1. The molecule has 9 nitrogen and oxygen atoms in total. The molecule has 0 aromatic heterocycles. The number of nitrogens with zero attached hydrogens (tertiary/aromatic N) is 3. The van der Waals surface area contributed by atoms with Crippen molar-refractivity contribution in [2.75, 3.05) is 18.0 Å². The van der Waals surface area contributed by atoms with Crippen LogP contribution in [0.25, 0.3) is 0 Å². The number of rotatable bonds is 6. The van der Waals surface area contributed by atoms with Crippen molar-refractivity contribution in [1.82, 2.24) is 5.32 Å². The summed E-state index contributed by atoms with van der Waals surface area (Å²) in [5, 5.41) is 24.5. The van der Waals surface area contributed by atoms with Crippen LogP contribution in [0.3, 0.4) is 0 Å². The number of benzene rings is 2. The number of nitro benzene ring substituents is 2. The molecule has 1 heterocycles. The minimum atomic E-state index is -0.784. The van der Waals surface area contributed by atoms with Gasteiger partial charge in [-0.15, -0.1) is 0 Å². The molecular formula is C19H19FN4O5. The first-order chi connectivity index (χ1) is 13.8. The molecule has 2 aromatic rings. The highest BCUT2D eigenvalue weighted by Crippen LogP contribution is 2.23. The summed E-state index contributed by atoms with van der Waals surface area (Å²) in [4.78, 5) is 34.7. The van der Waals surface area contributed by atoms with Crippen LogP contribution in [-0.4, -0.2) is 35.0 Å². The third-order valence-corrected chi connectivity index (χ3v) is 4.77. The monoisotopic (exact) mass is 402 g/mol. The summed E-state index contributed by atoms with van der Waals surface area (Å²) in [5.74, 6) is -0.647. The number of hydrogen-bond acceptors (Lipinski definition) is 6. The molecule has 0 aliphatic carbocycles. The minimum absolute atomic E-state index is 0.155. The second kappa shape index (κ2) is 8.63. The lowest BCUT2D eigenvalue weighted by Gasteiger charge is -2.30. The van der Waals surface area contributed by atoms with E-state index in [9.17, 15) is 29.4 Å². The Morgan fingerprint density at radius 1 is 1.03 bits per heavy atom. The summed E-state index contributed by atoms with van der Waals surface area (Å²) in [7, 11) is 0. The van der Waals surface area contributed by atoms with E-state index in [4.69, 9.17) is 0 Å². The Labute approximate surface area is 165 Å². The Bertz CT molecular complexity index is 894. The van der Waals surface area contributed by atoms with Crippen molar-refractivity contribution in [3.8, 4) is 0 Å². The average Bonchev–Trinajstić information content (AvgIpc) is 2.72. The van der Waals surface area contributed by atoms with E-state index < -0.39 is 33.3 Å². The van der Waals surface area contributed by atoms with Crippen molar-refractivity contribution in [2.24, 2.45) is 0 Å². The molecular weight excluding hydrogens is 383 g/mol. The third-order valence-electron chi connectivity index (χ3n) is 4.77. The SMILES string of the molecule is O=C(NCc1ccc(N2CCC(F)CC2)cc1)c1cc([N+](=O)[O-])cc([N+](=O)[O-])c1. The van der Waals surface area contributed by atoms with Crippen LogP contribution in [0, 0.1) is 20.2 Å². The number of carbonyl (C=O) groups excluding carboxylic acids is 1. The molecule has 1 N–H and O–H groups in total. The van der Waals surface area contributed by atoms with Crippen molar-refractivity contribution >= 4 is 23.0 Å². The molecule has 152 valence electrons. The maximum atomic E-state index is 13.2. The molecule has 3 rings (SSSR count). The fraction of sp³-hybridized carbons (Fsp3) is 0.316. The van der Waals surface area contributed by atoms with Crippen LogP contribution in [0.4, 0.5) is 21.5 Å². The lowest BCUT2D eigenvalue weighted by Crippen LogP contribution is -2.34. The number of nitro groups is 2. The molecule has 1 amide bonds. The van der Waals surface area contributed by atoms with Crippen molar-refractivity contribution in [3.63, 3.8) is 0 Å². The van der Waals surface area contributed by atoms with Gasteiger partial charge in [-0.3, -0.25) is 25.0 Å². The Morgan fingerprint density at radius 3 is 2.10 bits per heavy atom. The molecule has 2 aromatic carbocycles. The summed E-state index contributed by atoms with van der Waals surface area (Å²) in [6.07, 6.45) is 0.269. The molecule has 0 atom stereocenters. The standard InChI is InChI=1S/C19H19FN4O5/c20-15-5-7-22(8-6-15)16-3-1-13(2-4-16)12-21-19(25)14-9-17(23(26)27)11-18(10-14)24(28)29/h1-4,9-11,15H,5-8,12H2,(H,21,25). The predicted octanol–water partition coefficient (Wildman–Crippen LogP) is 3.37. The molecule has 0 spiro atoms. The van der Waals surface area contributed by atoms with Crippen molar-refractivity contribution in [2.45, 2.75) is 25.6 Å². The number of non-ortho nitro benzene ring substituents is 2. The quantitative estimate of drug-likeness (QED) is 0.584.